The second kappa shape index (κ2) is 3.75. The van der Waals surface area contributed by atoms with E-state index in [0.717, 1.165) is 12.8 Å². The molecule has 0 aromatic heterocycles. The monoisotopic (exact) mass is 244 g/mol. The molecule has 3 rings (SSSR count). The van der Waals surface area contributed by atoms with Crippen molar-refractivity contribution in [3.63, 3.8) is 0 Å². The van der Waals surface area contributed by atoms with E-state index in [4.69, 9.17) is 4.74 Å². The van der Waals surface area contributed by atoms with E-state index in [1.807, 2.05) is 13.8 Å². The molecule has 0 bridgehead atoms. The van der Waals surface area contributed by atoms with Gasteiger partial charge in [0.15, 0.2) is 11.6 Å². The van der Waals surface area contributed by atoms with Crippen molar-refractivity contribution in [3.8, 4) is 0 Å². The van der Waals surface area contributed by atoms with Crippen molar-refractivity contribution in [2.45, 2.75) is 38.4 Å². The summed E-state index contributed by atoms with van der Waals surface area (Å²) in [5, 5.41) is 0. The van der Waals surface area contributed by atoms with E-state index in [-0.39, 0.29) is 23.1 Å². The lowest BCUT2D eigenvalue weighted by Gasteiger charge is -2.42. The molecule has 2 aliphatic rings. The summed E-state index contributed by atoms with van der Waals surface area (Å²) in [6.07, 6.45) is 0.961. The Morgan fingerprint density at radius 2 is 1.72 bits per heavy atom. The number of benzene rings is 1. The van der Waals surface area contributed by atoms with Crippen molar-refractivity contribution in [2.75, 3.05) is 0 Å². The Morgan fingerprint density at radius 3 is 2.39 bits per heavy atom. The minimum Gasteiger partial charge on any atom is -0.363 e. The maximum absolute atomic E-state index is 12.4. The average molecular weight is 244 g/mol. The van der Waals surface area contributed by atoms with Crippen molar-refractivity contribution >= 4 is 11.6 Å². The maximum atomic E-state index is 12.4. The molecule has 94 valence electrons. The van der Waals surface area contributed by atoms with Gasteiger partial charge in [-0.3, -0.25) is 9.59 Å². The summed E-state index contributed by atoms with van der Waals surface area (Å²) < 4.78 is 5.85. The molecule has 2 unspecified atom stereocenters. The van der Waals surface area contributed by atoms with Crippen LogP contribution >= 0.6 is 0 Å². The molecule has 0 spiro atoms. The molecule has 0 amide bonds. The molecule has 0 radical (unpaired) electrons. The zero-order valence-corrected chi connectivity index (χ0v) is 10.6. The minimum absolute atomic E-state index is 0.0389. The number of rotatable bonds is 0. The van der Waals surface area contributed by atoms with Crippen molar-refractivity contribution < 1.29 is 14.3 Å². The van der Waals surface area contributed by atoms with Gasteiger partial charge < -0.3 is 4.74 Å². The van der Waals surface area contributed by atoms with E-state index < -0.39 is 6.10 Å². The van der Waals surface area contributed by atoms with Gasteiger partial charge in [-0.1, -0.05) is 24.3 Å². The number of ketones is 2. The lowest BCUT2D eigenvalue weighted by molar-refractivity contribution is -0.108. The highest BCUT2D eigenvalue weighted by molar-refractivity contribution is 6.17. The molecule has 3 nitrogen and oxygen atoms in total. The molecule has 1 heterocycles. The first kappa shape index (κ1) is 11.6. The zero-order chi connectivity index (χ0) is 12.9. The quantitative estimate of drug-likeness (QED) is 0.704. The van der Waals surface area contributed by atoms with Crippen molar-refractivity contribution in [2.24, 2.45) is 5.92 Å². The Labute approximate surface area is 106 Å². The molecular formula is C15H16O3. The predicted octanol–water partition coefficient (Wildman–Crippen LogP) is 2.64. The standard InChI is InChI=1S/C15H16O3/c1-15(2)8-7-11-12(16)9-5-3-4-6-10(9)13(17)14(11)18-15/h3-6,11,14H,7-8H2,1-2H3. The van der Waals surface area contributed by atoms with Crippen LogP contribution in [-0.4, -0.2) is 23.3 Å². The molecule has 1 aliphatic heterocycles. The minimum atomic E-state index is -0.587. The van der Waals surface area contributed by atoms with Crippen LogP contribution in [0.1, 0.15) is 47.4 Å². The summed E-state index contributed by atoms with van der Waals surface area (Å²) in [4.78, 5) is 24.8. The van der Waals surface area contributed by atoms with Crippen LogP contribution in [0.5, 0.6) is 0 Å². The fourth-order valence-electron chi connectivity index (χ4n) is 2.91. The van der Waals surface area contributed by atoms with E-state index in [0.29, 0.717) is 11.1 Å². The van der Waals surface area contributed by atoms with Crippen LogP contribution in [0.2, 0.25) is 0 Å². The van der Waals surface area contributed by atoms with E-state index in [1.54, 1.807) is 24.3 Å². The number of hydrogen-bond acceptors (Lipinski definition) is 3. The molecule has 0 N–H and O–H groups in total. The van der Waals surface area contributed by atoms with Crippen LogP contribution < -0.4 is 0 Å². The number of carbonyl (C=O) groups excluding carboxylic acids is 2. The summed E-state index contributed by atoms with van der Waals surface area (Å²) >= 11 is 0. The van der Waals surface area contributed by atoms with Gasteiger partial charge in [0.2, 0.25) is 0 Å². The average Bonchev–Trinajstić information content (AvgIpc) is 2.35. The maximum Gasteiger partial charge on any atom is 0.193 e. The molecular weight excluding hydrogens is 228 g/mol. The summed E-state index contributed by atoms with van der Waals surface area (Å²) in [6, 6.07) is 7.05. The van der Waals surface area contributed by atoms with E-state index in [2.05, 4.69) is 0 Å². The van der Waals surface area contributed by atoms with Gasteiger partial charge in [-0.15, -0.1) is 0 Å². The van der Waals surface area contributed by atoms with Gasteiger partial charge >= 0.3 is 0 Å². The first-order valence-electron chi connectivity index (χ1n) is 6.35. The second-order valence-electron chi connectivity index (χ2n) is 5.72. The van der Waals surface area contributed by atoms with Crippen molar-refractivity contribution in [1.29, 1.82) is 0 Å². The van der Waals surface area contributed by atoms with E-state index in [1.165, 1.54) is 0 Å². The predicted molar refractivity (Wildman–Crippen MR) is 66.8 cm³/mol. The Balaban J connectivity index is 2.07. The highest BCUT2D eigenvalue weighted by Crippen LogP contribution is 2.39. The van der Waals surface area contributed by atoms with Gasteiger partial charge in [0, 0.05) is 11.1 Å². The van der Waals surface area contributed by atoms with Gasteiger partial charge in [0.25, 0.3) is 0 Å². The SMILES string of the molecule is CC1(C)CCC2C(=O)c3ccccc3C(=O)C2O1. The van der Waals surface area contributed by atoms with Crippen LogP contribution in [0.25, 0.3) is 0 Å². The van der Waals surface area contributed by atoms with Crippen molar-refractivity contribution in [3.05, 3.63) is 35.4 Å². The molecule has 0 saturated carbocycles. The summed E-state index contributed by atoms with van der Waals surface area (Å²) in [5.74, 6) is -0.269. The van der Waals surface area contributed by atoms with Crippen LogP contribution in [0.3, 0.4) is 0 Å². The number of fused-ring (bicyclic) bond motifs is 2. The zero-order valence-electron chi connectivity index (χ0n) is 10.6. The Morgan fingerprint density at radius 1 is 1.11 bits per heavy atom. The number of Topliss-reactive ketones (excluding diaryl/α,β-unsaturated/α-hetero) is 2. The van der Waals surface area contributed by atoms with Gasteiger partial charge in [-0.25, -0.2) is 0 Å². The Kier molecular flexibility index (Phi) is 2.42. The molecule has 1 saturated heterocycles. The van der Waals surface area contributed by atoms with Crippen LogP contribution in [0.4, 0.5) is 0 Å². The van der Waals surface area contributed by atoms with Crippen LogP contribution in [0, 0.1) is 5.92 Å². The third-order valence-electron chi connectivity index (χ3n) is 3.92. The Bertz CT molecular complexity index is 530. The molecule has 1 fully saturated rings. The number of hydrogen-bond donors (Lipinski definition) is 0. The highest BCUT2D eigenvalue weighted by atomic mass is 16.5. The fraction of sp³-hybridized carbons (Fsp3) is 0.467. The van der Waals surface area contributed by atoms with E-state index >= 15 is 0 Å². The topological polar surface area (TPSA) is 43.4 Å². The van der Waals surface area contributed by atoms with Gasteiger partial charge in [-0.2, -0.15) is 0 Å². The van der Waals surface area contributed by atoms with Crippen LogP contribution in [0.15, 0.2) is 24.3 Å². The van der Waals surface area contributed by atoms with Gasteiger partial charge in [0.1, 0.15) is 6.10 Å². The molecule has 3 heteroatoms. The van der Waals surface area contributed by atoms with Crippen molar-refractivity contribution in [1.82, 2.24) is 0 Å². The molecule has 2 atom stereocenters. The normalized spacial score (nSPS) is 29.7. The fourth-order valence-corrected chi connectivity index (χ4v) is 2.91. The van der Waals surface area contributed by atoms with Gasteiger partial charge in [0.05, 0.1) is 11.5 Å². The summed E-state index contributed by atoms with van der Waals surface area (Å²) in [6.45, 7) is 3.95. The van der Waals surface area contributed by atoms with Crippen LogP contribution in [-0.2, 0) is 4.74 Å². The molecule has 1 aromatic carbocycles. The number of carbonyl (C=O) groups is 2. The lowest BCUT2D eigenvalue weighted by atomic mass is 9.74. The summed E-state index contributed by atoms with van der Waals surface area (Å²) in [7, 11) is 0. The highest BCUT2D eigenvalue weighted by Gasteiger charge is 2.47. The molecule has 1 aliphatic carbocycles. The second-order valence-corrected chi connectivity index (χ2v) is 5.72. The van der Waals surface area contributed by atoms with Gasteiger partial charge in [-0.05, 0) is 26.7 Å². The first-order chi connectivity index (χ1) is 8.49. The van der Waals surface area contributed by atoms with E-state index in [9.17, 15) is 9.59 Å². The number of ether oxygens (including phenoxy) is 1. The molecule has 1 aromatic rings. The lowest BCUT2D eigenvalue weighted by Crippen LogP contribution is -2.50. The summed E-state index contributed by atoms with van der Waals surface area (Å²) in [5.41, 5.74) is 0.761. The largest absolute Gasteiger partial charge is 0.363 e. The third kappa shape index (κ3) is 1.62. The first-order valence-corrected chi connectivity index (χ1v) is 6.35. The Hall–Kier alpha value is -1.48. The third-order valence-corrected chi connectivity index (χ3v) is 3.92. The smallest absolute Gasteiger partial charge is 0.193 e. The molecule has 18 heavy (non-hydrogen) atoms.